The van der Waals surface area contributed by atoms with Crippen LogP contribution in [-0.2, 0) is 19.6 Å². The minimum absolute atomic E-state index is 0.0461. The molecule has 0 bridgehead atoms. The highest BCUT2D eigenvalue weighted by molar-refractivity contribution is 5.95. The van der Waals surface area contributed by atoms with Crippen LogP contribution in [0.3, 0.4) is 0 Å². The van der Waals surface area contributed by atoms with Crippen molar-refractivity contribution >= 4 is 16.7 Å². The van der Waals surface area contributed by atoms with Crippen LogP contribution in [0.1, 0.15) is 46.2 Å². The molecule has 0 fully saturated rings. The van der Waals surface area contributed by atoms with Crippen LogP contribution in [0.25, 0.3) is 22.4 Å². The summed E-state index contributed by atoms with van der Waals surface area (Å²) >= 11 is 0. The molecule has 1 atom stereocenters. The van der Waals surface area contributed by atoms with Crippen LogP contribution >= 0.6 is 0 Å². The molecule has 4 heterocycles. The molecule has 1 unspecified atom stereocenters. The average molecular weight is 515 g/mol. The Bertz CT molecular complexity index is 1740. The summed E-state index contributed by atoms with van der Waals surface area (Å²) in [7, 11) is 0. The Hall–Kier alpha value is -4.64. The summed E-state index contributed by atoms with van der Waals surface area (Å²) in [5.74, 6) is 0.875. The number of aromatic amines is 1. The third kappa shape index (κ3) is 4.06. The lowest BCUT2D eigenvalue weighted by Gasteiger charge is -2.32. The summed E-state index contributed by atoms with van der Waals surface area (Å²) in [5.41, 5.74) is 0.984. The molecule has 10 nitrogen and oxygen atoms in total. The molecule has 2 N–H and O–H groups in total. The first-order valence-corrected chi connectivity index (χ1v) is 12.1. The summed E-state index contributed by atoms with van der Waals surface area (Å²) in [4.78, 5) is 27.1. The zero-order chi connectivity index (χ0) is 26.4. The SMILES string of the molecule is CC1CN(C(=O)c2cc(Cc3n[nH]c(=O)c4ccccc34)ccc2F)Cc2nnc(-c3ccc(CO)o3)n21. The highest BCUT2D eigenvalue weighted by Crippen LogP contribution is 2.30. The molecule has 3 aromatic heterocycles. The highest BCUT2D eigenvalue weighted by atomic mass is 19.1. The largest absolute Gasteiger partial charge is 0.455 e. The monoisotopic (exact) mass is 514 g/mol. The van der Waals surface area contributed by atoms with Crippen LogP contribution < -0.4 is 5.56 Å². The van der Waals surface area contributed by atoms with E-state index in [4.69, 9.17) is 4.42 Å². The Labute approximate surface area is 215 Å². The molecule has 2 aromatic carbocycles. The summed E-state index contributed by atoms with van der Waals surface area (Å²) in [6.45, 7) is 2.17. The molecule has 6 rings (SSSR count). The van der Waals surface area contributed by atoms with Gasteiger partial charge in [0.25, 0.3) is 11.5 Å². The second kappa shape index (κ2) is 9.34. The number of rotatable bonds is 5. The minimum Gasteiger partial charge on any atom is -0.455 e. The lowest BCUT2D eigenvalue weighted by Crippen LogP contribution is -2.40. The first kappa shape index (κ1) is 23.7. The zero-order valence-corrected chi connectivity index (χ0v) is 20.4. The number of H-pyrrole nitrogens is 1. The predicted octanol–water partition coefficient (Wildman–Crippen LogP) is 3.21. The Morgan fingerprint density at radius 2 is 1.97 bits per heavy atom. The Balaban J connectivity index is 1.27. The molecule has 1 aliphatic heterocycles. The number of aliphatic hydroxyl groups is 1. The van der Waals surface area contributed by atoms with E-state index in [1.54, 1.807) is 35.2 Å². The molecule has 38 heavy (non-hydrogen) atoms. The number of nitrogens with zero attached hydrogens (tertiary/aromatic N) is 5. The second-order valence-electron chi connectivity index (χ2n) is 9.30. The maximum absolute atomic E-state index is 14.9. The van der Waals surface area contributed by atoms with Crippen LogP contribution in [0.2, 0.25) is 0 Å². The number of furan rings is 1. The number of carbonyl (C=O) groups excluding carboxylic acids is 1. The van der Waals surface area contributed by atoms with E-state index >= 15 is 0 Å². The van der Waals surface area contributed by atoms with Gasteiger partial charge >= 0.3 is 0 Å². The lowest BCUT2D eigenvalue weighted by molar-refractivity contribution is 0.0677. The highest BCUT2D eigenvalue weighted by Gasteiger charge is 2.32. The van der Waals surface area contributed by atoms with E-state index in [0.717, 1.165) is 0 Å². The van der Waals surface area contributed by atoms with E-state index in [1.165, 1.54) is 12.1 Å². The Morgan fingerprint density at radius 3 is 2.76 bits per heavy atom. The van der Waals surface area contributed by atoms with E-state index < -0.39 is 11.7 Å². The number of nitrogens with one attached hydrogen (secondary N) is 1. The summed E-state index contributed by atoms with van der Waals surface area (Å²) in [5, 5.41) is 25.7. The van der Waals surface area contributed by atoms with Crippen molar-refractivity contribution in [3.63, 3.8) is 0 Å². The molecule has 0 aliphatic carbocycles. The van der Waals surface area contributed by atoms with Gasteiger partial charge in [0, 0.05) is 18.4 Å². The van der Waals surface area contributed by atoms with Crippen molar-refractivity contribution in [2.24, 2.45) is 0 Å². The zero-order valence-electron chi connectivity index (χ0n) is 20.4. The van der Waals surface area contributed by atoms with Crippen LogP contribution in [0.15, 0.2) is 63.8 Å². The van der Waals surface area contributed by atoms with E-state index in [1.807, 2.05) is 23.6 Å². The Kier molecular flexibility index (Phi) is 5.84. The van der Waals surface area contributed by atoms with Crippen molar-refractivity contribution in [2.45, 2.75) is 32.5 Å². The van der Waals surface area contributed by atoms with Crippen LogP contribution in [0.5, 0.6) is 0 Å². The van der Waals surface area contributed by atoms with Crippen molar-refractivity contribution in [3.05, 3.63) is 99.2 Å². The molecule has 11 heteroatoms. The van der Waals surface area contributed by atoms with Crippen molar-refractivity contribution in [3.8, 4) is 11.6 Å². The number of aliphatic hydroxyl groups excluding tert-OH is 1. The van der Waals surface area contributed by atoms with Gasteiger partial charge in [-0.15, -0.1) is 10.2 Å². The van der Waals surface area contributed by atoms with Gasteiger partial charge in [-0.05, 0) is 42.8 Å². The molecule has 192 valence electrons. The number of benzene rings is 2. The number of aromatic nitrogens is 5. The standard InChI is InChI=1S/C27H23FN6O4/c1-15-12-33(13-24-30-31-25(34(15)24)23-9-7-17(14-35)38-23)27(37)20-10-16(6-8-21(20)28)11-22-18-4-2-3-5-19(18)26(36)32-29-22/h2-10,15,35H,11-14H2,1H3,(H,32,36). The summed E-state index contributed by atoms with van der Waals surface area (Å²) < 4.78 is 22.4. The fraction of sp³-hybridized carbons (Fsp3) is 0.222. The van der Waals surface area contributed by atoms with Gasteiger partial charge in [0.15, 0.2) is 17.4 Å². The van der Waals surface area contributed by atoms with E-state index in [2.05, 4.69) is 20.4 Å². The van der Waals surface area contributed by atoms with Gasteiger partial charge in [-0.25, -0.2) is 9.49 Å². The van der Waals surface area contributed by atoms with Crippen molar-refractivity contribution in [1.82, 2.24) is 29.9 Å². The van der Waals surface area contributed by atoms with Gasteiger partial charge in [-0.2, -0.15) is 5.10 Å². The smallest absolute Gasteiger partial charge is 0.272 e. The summed E-state index contributed by atoms with van der Waals surface area (Å²) in [6.07, 6.45) is 0.310. The second-order valence-corrected chi connectivity index (χ2v) is 9.30. The first-order chi connectivity index (χ1) is 18.4. The number of hydrogen-bond donors (Lipinski definition) is 2. The molecule has 1 aliphatic rings. The van der Waals surface area contributed by atoms with Gasteiger partial charge in [0.1, 0.15) is 18.2 Å². The van der Waals surface area contributed by atoms with Gasteiger partial charge in [0.2, 0.25) is 0 Å². The average Bonchev–Trinajstić information content (AvgIpc) is 3.58. The van der Waals surface area contributed by atoms with Gasteiger partial charge in [-0.3, -0.25) is 9.59 Å². The van der Waals surface area contributed by atoms with Crippen molar-refractivity contribution in [1.29, 1.82) is 0 Å². The van der Waals surface area contributed by atoms with Gasteiger partial charge < -0.3 is 19.0 Å². The fourth-order valence-corrected chi connectivity index (χ4v) is 4.95. The third-order valence-electron chi connectivity index (χ3n) is 6.76. The molecule has 5 aromatic rings. The van der Waals surface area contributed by atoms with Crippen molar-refractivity contribution in [2.75, 3.05) is 6.54 Å². The molecule has 1 amide bonds. The first-order valence-electron chi connectivity index (χ1n) is 12.1. The number of hydrogen-bond acceptors (Lipinski definition) is 7. The van der Waals surface area contributed by atoms with E-state index in [9.17, 15) is 19.1 Å². The molecular weight excluding hydrogens is 491 g/mol. The normalized spacial score (nSPS) is 15.1. The fourth-order valence-electron chi connectivity index (χ4n) is 4.95. The maximum Gasteiger partial charge on any atom is 0.272 e. The minimum atomic E-state index is -0.620. The molecular formula is C27H23FN6O4. The van der Waals surface area contributed by atoms with Crippen LogP contribution in [0.4, 0.5) is 4.39 Å². The molecule has 0 radical (unpaired) electrons. The number of fused-ring (bicyclic) bond motifs is 2. The molecule has 0 saturated heterocycles. The lowest BCUT2D eigenvalue weighted by atomic mass is 10.0. The number of amides is 1. The van der Waals surface area contributed by atoms with Crippen molar-refractivity contribution < 1.29 is 18.7 Å². The summed E-state index contributed by atoms with van der Waals surface area (Å²) in [6, 6.07) is 14.8. The van der Waals surface area contributed by atoms with Gasteiger partial charge in [-0.1, -0.05) is 24.3 Å². The maximum atomic E-state index is 14.9. The Morgan fingerprint density at radius 1 is 1.16 bits per heavy atom. The molecule has 0 spiro atoms. The van der Waals surface area contributed by atoms with E-state index in [-0.39, 0.29) is 30.3 Å². The third-order valence-corrected chi connectivity index (χ3v) is 6.76. The predicted molar refractivity (Wildman–Crippen MR) is 135 cm³/mol. The quantitative estimate of drug-likeness (QED) is 0.368. The molecule has 0 saturated carbocycles. The number of carbonyl (C=O) groups is 1. The van der Waals surface area contributed by atoms with Crippen LogP contribution in [0, 0.1) is 5.82 Å². The topological polar surface area (TPSA) is 130 Å². The number of halogens is 1. The van der Waals surface area contributed by atoms with Crippen LogP contribution in [-0.4, -0.2) is 47.4 Å². The van der Waals surface area contributed by atoms with E-state index in [0.29, 0.717) is 58.2 Å². The van der Waals surface area contributed by atoms with Gasteiger partial charge in [0.05, 0.1) is 29.2 Å².